The molecule has 154 valence electrons. The maximum Gasteiger partial charge on any atom is 0.260 e. The number of ether oxygens (including phenoxy) is 1. The minimum absolute atomic E-state index is 0.0498. The highest BCUT2D eigenvalue weighted by molar-refractivity contribution is 6.05. The molecular weight excluding hydrogens is 370 g/mol. The molecule has 0 radical (unpaired) electrons. The van der Waals surface area contributed by atoms with E-state index in [4.69, 9.17) is 10.5 Å². The third-order valence-electron chi connectivity index (χ3n) is 6.62. The highest BCUT2D eigenvalue weighted by atomic mass is 16.5. The van der Waals surface area contributed by atoms with Gasteiger partial charge in [-0.3, -0.25) is 14.9 Å². The summed E-state index contributed by atoms with van der Waals surface area (Å²) in [4.78, 5) is 30.2. The first-order valence-electron chi connectivity index (χ1n) is 10.6. The van der Waals surface area contributed by atoms with Crippen molar-refractivity contribution in [2.24, 2.45) is 16.6 Å². The van der Waals surface area contributed by atoms with Crippen molar-refractivity contribution in [1.82, 2.24) is 15.5 Å². The molecule has 3 fully saturated rings. The Kier molecular flexibility index (Phi) is 4.66. The number of fused-ring (bicyclic) bond motifs is 3. The number of rotatable bonds is 4. The summed E-state index contributed by atoms with van der Waals surface area (Å²) in [6.07, 6.45) is 6.29. The standard InChI is InChI=1S/C21H27N5O3/c22-20(28)19(17-7-5-12-3-1-2-4-15(12)23-17)29-14-6-8-16-13(9-14)10-26-11-18(27)25-21(26)24-16/h6,8-9,12,15,17,19,23H,1-5,7,10-11H2,(H2,22,28)(H,24,25,27). The fourth-order valence-electron chi connectivity index (χ4n) is 5.16. The average Bonchev–Trinajstić information content (AvgIpc) is 3.08. The molecule has 1 aromatic carbocycles. The van der Waals surface area contributed by atoms with E-state index in [1.165, 1.54) is 19.3 Å². The first-order valence-corrected chi connectivity index (χ1v) is 10.6. The van der Waals surface area contributed by atoms with Gasteiger partial charge >= 0.3 is 0 Å². The molecule has 3 aliphatic heterocycles. The number of nitrogens with two attached hydrogens (primary N) is 1. The zero-order valence-electron chi connectivity index (χ0n) is 16.4. The van der Waals surface area contributed by atoms with Crippen LogP contribution in [-0.2, 0) is 16.1 Å². The Labute approximate surface area is 169 Å². The molecule has 4 unspecified atom stereocenters. The number of piperidine rings is 1. The zero-order valence-corrected chi connectivity index (χ0v) is 16.4. The van der Waals surface area contributed by atoms with Gasteiger partial charge in [0, 0.05) is 18.2 Å². The van der Waals surface area contributed by atoms with Gasteiger partial charge in [-0.25, -0.2) is 4.99 Å². The van der Waals surface area contributed by atoms with Gasteiger partial charge in [0.05, 0.1) is 11.7 Å². The number of hydrogen-bond donors (Lipinski definition) is 3. The maximum atomic E-state index is 12.2. The van der Waals surface area contributed by atoms with Crippen LogP contribution >= 0.6 is 0 Å². The molecule has 5 rings (SSSR count). The second-order valence-electron chi connectivity index (χ2n) is 8.57. The second kappa shape index (κ2) is 7.33. The molecule has 1 saturated carbocycles. The monoisotopic (exact) mass is 397 g/mol. The van der Waals surface area contributed by atoms with Gasteiger partial charge < -0.3 is 20.7 Å². The maximum absolute atomic E-state index is 12.2. The quantitative estimate of drug-likeness (QED) is 0.707. The molecule has 1 aliphatic carbocycles. The van der Waals surface area contributed by atoms with Gasteiger partial charge in [0.2, 0.25) is 11.9 Å². The lowest BCUT2D eigenvalue weighted by Gasteiger charge is -2.42. The van der Waals surface area contributed by atoms with Crippen molar-refractivity contribution in [3.63, 3.8) is 0 Å². The van der Waals surface area contributed by atoms with Crippen LogP contribution in [0.1, 0.15) is 44.1 Å². The van der Waals surface area contributed by atoms with E-state index >= 15 is 0 Å². The highest BCUT2D eigenvalue weighted by Crippen LogP contribution is 2.34. The summed E-state index contributed by atoms with van der Waals surface area (Å²) in [5.41, 5.74) is 7.50. The Hall–Kier alpha value is -2.61. The summed E-state index contributed by atoms with van der Waals surface area (Å²) >= 11 is 0. The normalized spacial score (nSPS) is 29.1. The van der Waals surface area contributed by atoms with E-state index in [0.717, 1.165) is 30.5 Å². The van der Waals surface area contributed by atoms with Crippen LogP contribution in [0.3, 0.4) is 0 Å². The Morgan fingerprint density at radius 2 is 2.07 bits per heavy atom. The summed E-state index contributed by atoms with van der Waals surface area (Å²) in [5.74, 6) is 1.42. The van der Waals surface area contributed by atoms with Gasteiger partial charge in [-0.15, -0.1) is 0 Å². The molecule has 8 nitrogen and oxygen atoms in total. The predicted octanol–water partition coefficient (Wildman–Crippen LogP) is 1.16. The molecule has 0 aromatic heterocycles. The molecule has 29 heavy (non-hydrogen) atoms. The van der Waals surface area contributed by atoms with Gasteiger partial charge in [0.1, 0.15) is 12.3 Å². The molecule has 4 N–H and O–H groups in total. The van der Waals surface area contributed by atoms with Crippen LogP contribution in [-0.4, -0.2) is 47.4 Å². The number of guanidine groups is 1. The van der Waals surface area contributed by atoms with Crippen LogP contribution in [0.25, 0.3) is 0 Å². The molecule has 8 heteroatoms. The molecule has 4 atom stereocenters. The van der Waals surface area contributed by atoms with Gasteiger partial charge in [-0.05, 0) is 49.8 Å². The number of amides is 2. The fraction of sp³-hybridized carbons (Fsp3) is 0.571. The molecule has 0 spiro atoms. The number of primary amides is 1. The lowest BCUT2D eigenvalue weighted by atomic mass is 9.77. The Morgan fingerprint density at radius 3 is 2.93 bits per heavy atom. The van der Waals surface area contributed by atoms with Crippen molar-refractivity contribution in [2.45, 2.75) is 63.3 Å². The first-order chi connectivity index (χ1) is 14.1. The van der Waals surface area contributed by atoms with Gasteiger partial charge in [-0.1, -0.05) is 12.8 Å². The van der Waals surface area contributed by atoms with Crippen molar-refractivity contribution < 1.29 is 14.3 Å². The summed E-state index contributed by atoms with van der Waals surface area (Å²) in [6.45, 7) is 0.887. The van der Waals surface area contributed by atoms with Crippen LogP contribution in [0.5, 0.6) is 5.75 Å². The molecule has 0 bridgehead atoms. The Balaban J connectivity index is 1.32. The van der Waals surface area contributed by atoms with E-state index in [2.05, 4.69) is 15.6 Å². The van der Waals surface area contributed by atoms with E-state index in [9.17, 15) is 9.59 Å². The molecule has 3 heterocycles. The van der Waals surface area contributed by atoms with Crippen LogP contribution < -0.4 is 21.1 Å². The number of nitrogens with one attached hydrogen (secondary N) is 2. The second-order valence-corrected chi connectivity index (χ2v) is 8.57. The number of aliphatic imine (C=N–C) groups is 1. The van der Waals surface area contributed by atoms with Crippen LogP contribution in [0.4, 0.5) is 5.69 Å². The minimum atomic E-state index is -0.700. The van der Waals surface area contributed by atoms with Gasteiger partial charge in [-0.2, -0.15) is 0 Å². The Bertz CT molecular complexity index is 870. The first kappa shape index (κ1) is 18.4. The molecule has 2 saturated heterocycles. The molecule has 1 aromatic rings. The number of benzene rings is 1. The largest absolute Gasteiger partial charge is 0.479 e. The number of nitrogens with zero attached hydrogens (tertiary/aromatic N) is 2. The van der Waals surface area contributed by atoms with E-state index in [1.54, 1.807) is 0 Å². The smallest absolute Gasteiger partial charge is 0.260 e. The van der Waals surface area contributed by atoms with E-state index in [-0.39, 0.29) is 11.9 Å². The number of carbonyl (C=O) groups is 2. The van der Waals surface area contributed by atoms with Crippen LogP contribution in [0.2, 0.25) is 0 Å². The van der Waals surface area contributed by atoms with Gasteiger partial charge in [0.15, 0.2) is 6.10 Å². The van der Waals surface area contributed by atoms with Crippen molar-refractivity contribution in [3.8, 4) is 5.75 Å². The van der Waals surface area contributed by atoms with Crippen molar-refractivity contribution >= 4 is 23.5 Å². The topological polar surface area (TPSA) is 109 Å². The van der Waals surface area contributed by atoms with E-state index in [1.807, 2.05) is 23.1 Å². The van der Waals surface area contributed by atoms with E-state index in [0.29, 0.717) is 36.8 Å². The summed E-state index contributed by atoms with van der Waals surface area (Å²) in [5, 5.41) is 6.41. The SMILES string of the molecule is NC(=O)C(Oc1ccc2c(c1)CN1CC(=O)NC1=N2)C1CCC2CCCCC2N1. The van der Waals surface area contributed by atoms with Crippen LogP contribution in [0, 0.1) is 5.92 Å². The van der Waals surface area contributed by atoms with Gasteiger partial charge in [0.25, 0.3) is 5.91 Å². The fourth-order valence-corrected chi connectivity index (χ4v) is 5.16. The number of hydrogen-bond acceptors (Lipinski definition) is 6. The van der Waals surface area contributed by atoms with Crippen molar-refractivity contribution in [1.29, 1.82) is 0 Å². The van der Waals surface area contributed by atoms with Crippen molar-refractivity contribution in [2.75, 3.05) is 6.54 Å². The highest BCUT2D eigenvalue weighted by Gasteiger charge is 2.38. The number of carbonyl (C=O) groups excluding carboxylic acids is 2. The summed E-state index contributed by atoms with van der Waals surface area (Å²) in [6, 6.07) is 5.98. The third-order valence-corrected chi connectivity index (χ3v) is 6.62. The molecule has 4 aliphatic rings. The van der Waals surface area contributed by atoms with E-state index < -0.39 is 12.0 Å². The third kappa shape index (κ3) is 3.57. The lowest BCUT2D eigenvalue weighted by molar-refractivity contribution is -0.126. The minimum Gasteiger partial charge on any atom is -0.479 e. The summed E-state index contributed by atoms with van der Waals surface area (Å²) in [7, 11) is 0. The zero-order chi connectivity index (χ0) is 20.0. The van der Waals surface area contributed by atoms with Crippen molar-refractivity contribution in [3.05, 3.63) is 23.8 Å². The Morgan fingerprint density at radius 1 is 1.21 bits per heavy atom. The van der Waals surface area contributed by atoms with Crippen LogP contribution in [0.15, 0.2) is 23.2 Å². The lowest BCUT2D eigenvalue weighted by Crippen LogP contribution is -2.58. The average molecular weight is 397 g/mol. The predicted molar refractivity (Wildman–Crippen MR) is 108 cm³/mol. The molecular formula is C21H27N5O3. The molecule has 2 amide bonds. The summed E-state index contributed by atoms with van der Waals surface area (Å²) < 4.78 is 6.11.